The van der Waals surface area contributed by atoms with E-state index in [0.717, 1.165) is 25.8 Å². The van der Waals surface area contributed by atoms with E-state index in [-0.39, 0.29) is 38.0 Å². The number of carbonyl (C=O) groups excluding carboxylic acids is 4. The van der Waals surface area contributed by atoms with Gasteiger partial charge < -0.3 is 67.4 Å². The Morgan fingerprint density at radius 2 is 1.58 bits per heavy atom. The molecule has 1 aromatic rings. The lowest BCUT2D eigenvalue weighted by Crippen LogP contribution is -2.67. The Kier molecular flexibility index (Phi) is 24.6. The SMILES string of the molecule is CCC(=O)O[C@@H]1CC(=O)O[C@H](C)CCN(CCCCc2ccccc2)C[C@H](O)[C@H](C)C[C@H](CC(OC)OC)[C@H]([C@@H]2O[C@H](C)[C@@H](O[C@@H]3C[C@@](C)(OC(C)=O)[C@@H](OC(=O)CC)[C@H](C)O3)[C@H](N(C)C)[C@H]2O)[C@@H]1OC. The number of aliphatic hydroxyl groups excluding tert-OH is 2. The second kappa shape index (κ2) is 29.0. The summed E-state index contributed by atoms with van der Waals surface area (Å²) in [5.41, 5.74) is -0.0500. The Balaban J connectivity index is 1.78. The molecule has 18 heteroatoms. The molecule has 1 aromatic carbocycles. The molecule has 0 radical (unpaired) electrons. The van der Waals surface area contributed by atoms with Gasteiger partial charge in [-0.05, 0) is 97.8 Å². The molecule has 3 aliphatic rings. The predicted octanol–water partition coefficient (Wildman–Crippen LogP) is 5.24. The third-order valence-corrected chi connectivity index (χ3v) is 14.5. The van der Waals surface area contributed by atoms with Crippen LogP contribution in [-0.2, 0) is 73.0 Å². The molecular formula is C53H88N2O16. The number of likely N-dealkylation sites (N-methyl/N-ethyl adjacent to an activating group) is 1. The number of cyclic esters (lactones) is 1. The molecule has 16 atom stereocenters. The van der Waals surface area contributed by atoms with Gasteiger partial charge in [-0.2, -0.15) is 0 Å². The van der Waals surface area contributed by atoms with Gasteiger partial charge in [0.1, 0.15) is 24.4 Å². The molecule has 0 amide bonds. The minimum Gasteiger partial charge on any atom is -0.463 e. The summed E-state index contributed by atoms with van der Waals surface area (Å²) in [5.74, 6) is -3.86. The van der Waals surface area contributed by atoms with Crippen molar-refractivity contribution >= 4 is 23.9 Å². The first-order valence-corrected chi connectivity index (χ1v) is 25.8. The maximum absolute atomic E-state index is 14.0. The summed E-state index contributed by atoms with van der Waals surface area (Å²) in [6.07, 6.45) is -7.20. The zero-order valence-corrected chi connectivity index (χ0v) is 44.8. The molecule has 18 nitrogen and oxygen atoms in total. The van der Waals surface area contributed by atoms with Crippen molar-refractivity contribution < 1.29 is 76.8 Å². The van der Waals surface area contributed by atoms with Crippen LogP contribution in [0.15, 0.2) is 30.3 Å². The summed E-state index contributed by atoms with van der Waals surface area (Å²) in [6, 6.07) is 9.58. The number of benzene rings is 1. The van der Waals surface area contributed by atoms with Gasteiger partial charge in [0.15, 0.2) is 24.3 Å². The first kappa shape index (κ1) is 60.3. The predicted molar refractivity (Wildman–Crippen MR) is 263 cm³/mol. The molecular weight excluding hydrogens is 921 g/mol. The van der Waals surface area contributed by atoms with Gasteiger partial charge in [0.2, 0.25) is 0 Å². The molecule has 406 valence electrons. The number of unbranched alkanes of at least 4 members (excludes halogenated alkanes) is 1. The van der Waals surface area contributed by atoms with E-state index in [2.05, 4.69) is 17.0 Å². The van der Waals surface area contributed by atoms with Crippen molar-refractivity contribution in [3.8, 4) is 0 Å². The average molecular weight is 1010 g/mol. The Labute approximate surface area is 422 Å². The number of hydrogen-bond donors (Lipinski definition) is 2. The van der Waals surface area contributed by atoms with Crippen LogP contribution >= 0.6 is 0 Å². The zero-order chi connectivity index (χ0) is 52.6. The van der Waals surface area contributed by atoms with Crippen LogP contribution in [0.4, 0.5) is 0 Å². The van der Waals surface area contributed by atoms with Gasteiger partial charge in [-0.15, -0.1) is 0 Å². The van der Waals surface area contributed by atoms with Crippen molar-refractivity contribution in [1.29, 1.82) is 0 Å². The Morgan fingerprint density at radius 1 is 0.915 bits per heavy atom. The molecule has 0 aromatic heterocycles. The third kappa shape index (κ3) is 17.4. The summed E-state index contributed by atoms with van der Waals surface area (Å²) < 4.78 is 61.9. The van der Waals surface area contributed by atoms with E-state index >= 15 is 0 Å². The fourth-order valence-corrected chi connectivity index (χ4v) is 10.9. The molecule has 3 heterocycles. The van der Waals surface area contributed by atoms with Crippen molar-refractivity contribution in [3.05, 3.63) is 35.9 Å². The molecule has 0 aliphatic carbocycles. The number of hydrogen-bond acceptors (Lipinski definition) is 18. The summed E-state index contributed by atoms with van der Waals surface area (Å²) >= 11 is 0. The van der Waals surface area contributed by atoms with Gasteiger partial charge >= 0.3 is 23.9 Å². The molecule has 3 aliphatic heterocycles. The van der Waals surface area contributed by atoms with Crippen LogP contribution < -0.4 is 0 Å². The second-order valence-electron chi connectivity index (χ2n) is 20.4. The van der Waals surface area contributed by atoms with Gasteiger partial charge in [-0.25, -0.2) is 0 Å². The van der Waals surface area contributed by atoms with Gasteiger partial charge in [0.25, 0.3) is 0 Å². The zero-order valence-electron chi connectivity index (χ0n) is 44.8. The maximum atomic E-state index is 14.0. The fraction of sp³-hybridized carbons (Fsp3) is 0.811. The highest BCUT2D eigenvalue weighted by Gasteiger charge is 2.56. The van der Waals surface area contributed by atoms with Gasteiger partial charge in [-0.1, -0.05) is 51.1 Å². The lowest BCUT2D eigenvalue weighted by atomic mass is 9.70. The number of carbonyl (C=O) groups is 4. The first-order valence-electron chi connectivity index (χ1n) is 25.8. The van der Waals surface area contributed by atoms with E-state index in [4.69, 9.17) is 47.4 Å². The molecule has 71 heavy (non-hydrogen) atoms. The Hall–Kier alpha value is -3.30. The molecule has 0 bridgehead atoms. The molecule has 2 N–H and O–H groups in total. The lowest BCUT2D eigenvalue weighted by molar-refractivity contribution is -0.320. The van der Waals surface area contributed by atoms with Crippen LogP contribution in [0.2, 0.25) is 0 Å². The maximum Gasteiger partial charge on any atom is 0.309 e. The monoisotopic (exact) mass is 1010 g/mol. The van der Waals surface area contributed by atoms with Crippen molar-refractivity contribution in [2.45, 2.75) is 205 Å². The van der Waals surface area contributed by atoms with Gasteiger partial charge in [-0.3, -0.25) is 19.2 Å². The molecule has 0 unspecified atom stereocenters. The van der Waals surface area contributed by atoms with Crippen LogP contribution in [0.3, 0.4) is 0 Å². The molecule has 0 spiro atoms. The van der Waals surface area contributed by atoms with Crippen molar-refractivity contribution in [3.63, 3.8) is 0 Å². The highest BCUT2D eigenvalue weighted by atomic mass is 16.7. The number of β-amino-alcohol motifs (C(OH)–C–C–N with tert-alkyl or cyclic N) is 1. The van der Waals surface area contributed by atoms with Crippen LogP contribution in [-0.4, -0.2) is 184 Å². The normalized spacial score (nSPS) is 35.0. The standard InChI is InChI=1S/C53H88N2O16/c1-14-41(58)68-40-29-43(60)65-33(4)24-26-55(25-20-19-23-37-21-17-16-18-22-37)31-39(57)32(3)27-38(28-44(62-11)63-12)46(50(40)64-13)51-48(61)47(54(9)10)49(34(5)67-51)70-45-30-53(8,71-36(7)56)52(35(6)66-45)69-42(59)15-2/h16-18,21-22,32-35,38-40,44-52,57,61H,14-15,19-20,23-31H2,1-13H3/t32-,33-,34-,35+,38-,39+,40-,45-,46+,47-,48-,49-,50-,51+,52+,53-/m1/s1. The minimum atomic E-state index is -1.32. The largest absolute Gasteiger partial charge is 0.463 e. The number of aliphatic hydroxyl groups is 2. The summed E-state index contributed by atoms with van der Waals surface area (Å²) in [4.78, 5) is 56.4. The molecule has 0 saturated carbocycles. The highest BCUT2D eigenvalue weighted by Crippen LogP contribution is 2.43. The lowest BCUT2D eigenvalue weighted by Gasteiger charge is -2.53. The fourth-order valence-electron chi connectivity index (χ4n) is 10.9. The van der Waals surface area contributed by atoms with Gasteiger partial charge in [0.05, 0.1) is 43.0 Å². The van der Waals surface area contributed by atoms with Crippen LogP contribution in [0.5, 0.6) is 0 Å². The van der Waals surface area contributed by atoms with Crippen LogP contribution in [0.25, 0.3) is 0 Å². The van der Waals surface area contributed by atoms with Crippen molar-refractivity contribution in [1.82, 2.24) is 9.80 Å². The van der Waals surface area contributed by atoms with E-state index in [1.807, 2.05) is 58.0 Å². The van der Waals surface area contributed by atoms with Crippen LogP contribution in [0.1, 0.15) is 119 Å². The van der Waals surface area contributed by atoms with Gasteiger partial charge in [0, 0.05) is 72.9 Å². The van der Waals surface area contributed by atoms with Crippen LogP contribution in [0, 0.1) is 17.8 Å². The molecule has 3 fully saturated rings. The second-order valence-corrected chi connectivity index (χ2v) is 20.4. The van der Waals surface area contributed by atoms with Crippen molar-refractivity contribution in [2.75, 3.05) is 55.1 Å². The number of esters is 4. The number of rotatable bonds is 19. The van der Waals surface area contributed by atoms with E-state index in [9.17, 15) is 29.4 Å². The number of methoxy groups -OCH3 is 3. The van der Waals surface area contributed by atoms with E-state index in [1.165, 1.54) is 33.8 Å². The van der Waals surface area contributed by atoms with E-state index in [0.29, 0.717) is 25.9 Å². The highest BCUT2D eigenvalue weighted by molar-refractivity contribution is 5.73. The number of nitrogens with zero attached hydrogens (tertiary/aromatic N) is 2. The summed E-state index contributed by atoms with van der Waals surface area (Å²) in [6.45, 7) is 15.4. The summed E-state index contributed by atoms with van der Waals surface area (Å²) in [5, 5.41) is 25.1. The van der Waals surface area contributed by atoms with E-state index < -0.39 is 121 Å². The quantitative estimate of drug-likeness (QED) is 0.0786. The number of aryl methyl sites for hydroxylation is 1. The molecule has 4 rings (SSSR count). The van der Waals surface area contributed by atoms with Crippen molar-refractivity contribution in [2.24, 2.45) is 17.8 Å². The Morgan fingerprint density at radius 3 is 2.18 bits per heavy atom. The topological polar surface area (TPSA) is 208 Å². The first-order chi connectivity index (χ1) is 33.7. The average Bonchev–Trinajstić information content (AvgIpc) is 3.31. The third-order valence-electron chi connectivity index (χ3n) is 14.5. The summed E-state index contributed by atoms with van der Waals surface area (Å²) in [7, 11) is 8.18. The smallest absolute Gasteiger partial charge is 0.309 e. The molecule has 3 saturated heterocycles. The van der Waals surface area contributed by atoms with E-state index in [1.54, 1.807) is 27.7 Å². The minimum absolute atomic E-state index is 0.00211. The number of ether oxygens (including phenoxy) is 10. The Bertz CT molecular complexity index is 1770.